The number of hydrogen-bond donors (Lipinski definition) is 1. The molecular weight excluding hydrogens is 340 g/mol. The maximum Gasteiger partial charge on any atom is 0.346 e. The number of benzene rings is 1. The largest absolute Gasteiger partial charge is 0.477 e. The molecule has 0 saturated heterocycles. The van der Waals surface area contributed by atoms with E-state index in [0.717, 1.165) is 34.4 Å². The molecule has 0 bridgehead atoms. The number of aromatic nitrogens is 1. The molecule has 122 valence electrons. The van der Waals surface area contributed by atoms with E-state index in [1.165, 1.54) is 18.4 Å². The van der Waals surface area contributed by atoms with Crippen molar-refractivity contribution < 1.29 is 23.5 Å². The molecule has 1 amide bonds. The van der Waals surface area contributed by atoms with Gasteiger partial charge in [-0.25, -0.2) is 18.6 Å². The number of nitriles is 1. The van der Waals surface area contributed by atoms with Gasteiger partial charge in [-0.15, -0.1) is 11.3 Å². The lowest BCUT2D eigenvalue weighted by Crippen LogP contribution is -2.23. The molecule has 0 aliphatic heterocycles. The Bertz CT molecular complexity index is 886. The average Bonchev–Trinajstić information content (AvgIpc) is 2.95. The smallest absolute Gasteiger partial charge is 0.346 e. The van der Waals surface area contributed by atoms with Gasteiger partial charge < -0.3 is 5.11 Å². The van der Waals surface area contributed by atoms with Gasteiger partial charge >= 0.3 is 5.97 Å². The fraction of sp³-hybridized carbons (Fsp3) is 0.0667. The first-order valence-corrected chi connectivity index (χ1v) is 7.27. The third-order valence-electron chi connectivity index (χ3n) is 2.81. The number of thiazole rings is 1. The summed E-state index contributed by atoms with van der Waals surface area (Å²) < 4.78 is 27.0. The van der Waals surface area contributed by atoms with Crippen molar-refractivity contribution in [1.82, 2.24) is 4.98 Å². The lowest BCUT2D eigenvalue weighted by Gasteiger charge is -2.18. The first kappa shape index (κ1) is 17.2. The summed E-state index contributed by atoms with van der Waals surface area (Å²) in [4.78, 5) is 27.6. The van der Waals surface area contributed by atoms with Crippen LogP contribution in [0, 0.1) is 23.0 Å². The van der Waals surface area contributed by atoms with Gasteiger partial charge in [0.05, 0.1) is 11.4 Å². The van der Waals surface area contributed by atoms with E-state index >= 15 is 0 Å². The van der Waals surface area contributed by atoms with E-state index in [4.69, 9.17) is 10.4 Å². The number of nitrogens with zero attached hydrogens (tertiary/aromatic N) is 3. The average molecular weight is 349 g/mol. The Labute approximate surface area is 138 Å². The summed E-state index contributed by atoms with van der Waals surface area (Å²) in [7, 11) is 0. The van der Waals surface area contributed by atoms with Gasteiger partial charge in [-0.2, -0.15) is 5.26 Å². The molecule has 1 heterocycles. The molecule has 0 spiro atoms. The molecule has 6 nitrogen and oxygen atoms in total. The monoisotopic (exact) mass is 349 g/mol. The minimum atomic E-state index is -1.42. The molecule has 2 aromatic rings. The highest BCUT2D eigenvalue weighted by Crippen LogP contribution is 2.31. The predicted molar refractivity (Wildman–Crippen MR) is 82.5 cm³/mol. The lowest BCUT2D eigenvalue weighted by molar-refractivity contribution is -0.132. The van der Waals surface area contributed by atoms with Crippen molar-refractivity contribution in [2.24, 2.45) is 0 Å². The van der Waals surface area contributed by atoms with Crippen molar-refractivity contribution in [2.45, 2.75) is 6.92 Å². The number of hydrogen-bond acceptors (Lipinski definition) is 5. The van der Waals surface area contributed by atoms with E-state index in [2.05, 4.69) is 4.98 Å². The van der Waals surface area contributed by atoms with Crippen LogP contribution in [-0.2, 0) is 9.59 Å². The fourth-order valence-corrected chi connectivity index (χ4v) is 2.64. The second kappa shape index (κ2) is 6.97. The van der Waals surface area contributed by atoms with Crippen molar-refractivity contribution >= 4 is 40.1 Å². The van der Waals surface area contributed by atoms with Crippen LogP contribution in [0.15, 0.2) is 29.2 Å². The number of carbonyl (C=O) groups excluding carboxylic acids is 1. The number of aliphatic carboxylic acids is 1. The zero-order valence-corrected chi connectivity index (χ0v) is 13.0. The van der Waals surface area contributed by atoms with E-state index in [-0.39, 0.29) is 16.5 Å². The molecule has 2 rings (SSSR count). The summed E-state index contributed by atoms with van der Waals surface area (Å²) in [5, 5.41) is 19.0. The molecule has 0 fully saturated rings. The number of carboxylic acids is 1. The lowest BCUT2D eigenvalue weighted by atomic mass is 10.2. The maximum atomic E-state index is 13.9. The maximum absolute atomic E-state index is 13.9. The van der Waals surface area contributed by atoms with Gasteiger partial charge in [-0.05, 0) is 18.2 Å². The number of rotatable bonds is 4. The summed E-state index contributed by atoms with van der Waals surface area (Å²) in [5.41, 5.74) is -0.593. The van der Waals surface area contributed by atoms with E-state index < -0.39 is 29.1 Å². The molecule has 0 aliphatic rings. The van der Waals surface area contributed by atoms with Gasteiger partial charge in [0.1, 0.15) is 23.3 Å². The second-order valence-corrected chi connectivity index (χ2v) is 5.32. The number of carbonyl (C=O) groups is 2. The minimum absolute atomic E-state index is 0.0573. The highest BCUT2D eigenvalue weighted by Gasteiger charge is 2.21. The minimum Gasteiger partial charge on any atom is -0.477 e. The van der Waals surface area contributed by atoms with Crippen LogP contribution in [0.4, 0.5) is 19.6 Å². The van der Waals surface area contributed by atoms with Crippen LogP contribution in [0.3, 0.4) is 0 Å². The third-order valence-corrected chi connectivity index (χ3v) is 3.65. The van der Waals surface area contributed by atoms with Crippen LogP contribution in [0.25, 0.3) is 6.08 Å². The normalized spacial score (nSPS) is 11.0. The highest BCUT2D eigenvalue weighted by molar-refractivity contribution is 7.14. The Kier molecular flexibility index (Phi) is 5.01. The fourth-order valence-electron chi connectivity index (χ4n) is 1.80. The topological polar surface area (TPSA) is 94.3 Å². The summed E-state index contributed by atoms with van der Waals surface area (Å²) in [6.45, 7) is 1.18. The van der Waals surface area contributed by atoms with Crippen LogP contribution in [0.5, 0.6) is 0 Å². The molecule has 1 aromatic heterocycles. The van der Waals surface area contributed by atoms with Crippen LogP contribution in [0.1, 0.15) is 12.6 Å². The SMILES string of the molecule is CC(=O)N(c1nc(/C=C(\C#N)C(=O)O)cs1)c1ccc(F)cc1F. The van der Waals surface area contributed by atoms with Crippen LogP contribution >= 0.6 is 11.3 Å². The number of carboxylic acid groups (broad SMARTS) is 1. The Hall–Kier alpha value is -3.12. The van der Waals surface area contributed by atoms with Gasteiger partial charge in [-0.1, -0.05) is 0 Å². The molecule has 0 radical (unpaired) electrons. The van der Waals surface area contributed by atoms with E-state index in [0.29, 0.717) is 6.07 Å². The predicted octanol–water partition coefficient (Wildman–Crippen LogP) is 3.10. The van der Waals surface area contributed by atoms with E-state index in [1.54, 1.807) is 0 Å². The van der Waals surface area contributed by atoms with Crippen LogP contribution in [-0.4, -0.2) is 22.0 Å². The van der Waals surface area contributed by atoms with E-state index in [9.17, 15) is 18.4 Å². The first-order chi connectivity index (χ1) is 11.3. The molecule has 1 aromatic carbocycles. The molecule has 0 unspecified atom stereocenters. The Balaban J connectivity index is 2.46. The summed E-state index contributed by atoms with van der Waals surface area (Å²) >= 11 is 0.945. The van der Waals surface area contributed by atoms with Gasteiger partial charge in [-0.3, -0.25) is 9.69 Å². The van der Waals surface area contributed by atoms with Crippen molar-refractivity contribution in [3.05, 3.63) is 46.5 Å². The molecule has 0 aliphatic carbocycles. The number of amides is 1. The van der Waals surface area contributed by atoms with Crippen molar-refractivity contribution in [1.29, 1.82) is 5.26 Å². The molecule has 1 N–H and O–H groups in total. The van der Waals surface area contributed by atoms with E-state index in [1.807, 2.05) is 0 Å². The number of halogens is 2. The quantitative estimate of drug-likeness (QED) is 0.676. The van der Waals surface area contributed by atoms with Crippen molar-refractivity contribution in [3.63, 3.8) is 0 Å². The zero-order valence-electron chi connectivity index (χ0n) is 12.2. The highest BCUT2D eigenvalue weighted by atomic mass is 32.1. The van der Waals surface area contributed by atoms with Crippen molar-refractivity contribution in [2.75, 3.05) is 4.90 Å². The second-order valence-electron chi connectivity index (χ2n) is 4.48. The Morgan fingerprint density at radius 3 is 2.67 bits per heavy atom. The number of anilines is 2. The Morgan fingerprint density at radius 1 is 1.42 bits per heavy atom. The molecular formula is C15H9F2N3O3S. The molecule has 0 saturated carbocycles. The molecule has 24 heavy (non-hydrogen) atoms. The molecule has 0 atom stereocenters. The van der Waals surface area contributed by atoms with Crippen LogP contribution < -0.4 is 4.90 Å². The summed E-state index contributed by atoms with van der Waals surface area (Å²) in [6, 6.07) is 4.24. The third kappa shape index (κ3) is 3.61. The zero-order chi connectivity index (χ0) is 17.9. The molecule has 9 heteroatoms. The van der Waals surface area contributed by atoms with Gasteiger partial charge in [0.15, 0.2) is 5.13 Å². The summed E-state index contributed by atoms with van der Waals surface area (Å²) in [6.07, 6.45) is 1.03. The van der Waals surface area contributed by atoms with Gasteiger partial charge in [0.2, 0.25) is 5.91 Å². The summed E-state index contributed by atoms with van der Waals surface area (Å²) in [5.74, 6) is -3.72. The van der Waals surface area contributed by atoms with Gasteiger partial charge in [0, 0.05) is 18.4 Å². The van der Waals surface area contributed by atoms with Crippen molar-refractivity contribution in [3.8, 4) is 6.07 Å². The van der Waals surface area contributed by atoms with Gasteiger partial charge in [0.25, 0.3) is 0 Å². The first-order valence-electron chi connectivity index (χ1n) is 6.40. The standard InChI is InChI=1S/C15H9F2N3O3S/c1-8(21)20(13-3-2-10(16)5-12(13)17)15-19-11(7-24-15)4-9(6-18)14(22)23/h2-5,7H,1H3,(H,22,23)/b9-4+. The Morgan fingerprint density at radius 2 is 2.12 bits per heavy atom. The van der Waals surface area contributed by atoms with Crippen LogP contribution in [0.2, 0.25) is 0 Å².